The van der Waals surface area contributed by atoms with Crippen molar-refractivity contribution in [2.24, 2.45) is 0 Å². The number of rotatable bonds is 6. The summed E-state index contributed by atoms with van der Waals surface area (Å²) in [6, 6.07) is 14.1. The van der Waals surface area contributed by atoms with E-state index in [2.05, 4.69) is 20.7 Å². The second kappa shape index (κ2) is 7.40. The Bertz CT molecular complexity index is 1400. The highest BCUT2D eigenvalue weighted by molar-refractivity contribution is 7.87. The fraction of sp³-hybridized carbons (Fsp3) is 0.174. The molecule has 31 heavy (non-hydrogen) atoms. The van der Waals surface area contributed by atoms with Crippen LogP contribution in [0.25, 0.3) is 21.5 Å². The van der Waals surface area contributed by atoms with Gasteiger partial charge in [0.25, 0.3) is 0 Å². The van der Waals surface area contributed by atoms with Gasteiger partial charge in [-0.3, -0.25) is 15.4 Å². The Hall–Kier alpha value is -3.36. The highest BCUT2D eigenvalue weighted by atomic mass is 32.2. The molecule has 1 aliphatic heterocycles. The molecule has 8 heteroatoms. The van der Waals surface area contributed by atoms with Crippen LogP contribution in [0.15, 0.2) is 65.8 Å². The van der Waals surface area contributed by atoms with Crippen LogP contribution >= 0.6 is 0 Å². The summed E-state index contributed by atoms with van der Waals surface area (Å²) < 4.78 is 31.5. The number of aryl methyl sites for hydroxylation is 1. The van der Waals surface area contributed by atoms with Crippen molar-refractivity contribution in [3.8, 4) is 5.75 Å². The standard InChI is InChI=1S/C23H22N4O3S/c1-15-3-5-17(6-4-15)31(28,29)30-21-8-7-20-22-18(21)13-16-9-10-25-14-19(16)23(22)26-27(20)12-11-24-2/h3-10,13-14,24,26H,11-12H2,1-2H3. The molecule has 0 saturated heterocycles. The quantitative estimate of drug-likeness (QED) is 0.352. The molecule has 1 aromatic heterocycles. The van der Waals surface area contributed by atoms with Crippen LogP contribution in [0.5, 0.6) is 5.75 Å². The third-order valence-corrected chi connectivity index (χ3v) is 6.74. The summed E-state index contributed by atoms with van der Waals surface area (Å²) >= 11 is 0. The predicted molar refractivity (Wildman–Crippen MR) is 123 cm³/mol. The number of pyridine rings is 1. The second-order valence-electron chi connectivity index (χ2n) is 7.57. The normalized spacial score (nSPS) is 13.0. The lowest BCUT2D eigenvalue weighted by Crippen LogP contribution is -2.32. The molecule has 0 amide bonds. The highest BCUT2D eigenvalue weighted by Crippen LogP contribution is 2.46. The molecule has 0 radical (unpaired) electrons. The van der Waals surface area contributed by atoms with Gasteiger partial charge in [-0.15, -0.1) is 0 Å². The minimum absolute atomic E-state index is 0.129. The number of likely N-dealkylation sites (N-methyl/N-ethyl adjacent to an activating group) is 1. The van der Waals surface area contributed by atoms with Gasteiger partial charge in [-0.1, -0.05) is 17.7 Å². The summed E-state index contributed by atoms with van der Waals surface area (Å²) in [5.41, 5.74) is 6.33. The number of hydrazine groups is 1. The van der Waals surface area contributed by atoms with E-state index in [4.69, 9.17) is 4.18 Å². The van der Waals surface area contributed by atoms with Crippen LogP contribution in [0.2, 0.25) is 0 Å². The fourth-order valence-corrected chi connectivity index (χ4v) is 4.85. The van der Waals surface area contributed by atoms with Gasteiger partial charge in [-0.25, -0.2) is 0 Å². The molecule has 0 saturated carbocycles. The van der Waals surface area contributed by atoms with Crippen LogP contribution in [-0.2, 0) is 10.1 Å². The molecule has 0 atom stereocenters. The summed E-state index contributed by atoms with van der Waals surface area (Å²) in [6.07, 6.45) is 3.54. The Morgan fingerprint density at radius 2 is 1.90 bits per heavy atom. The van der Waals surface area contributed by atoms with E-state index in [-0.39, 0.29) is 4.90 Å². The number of benzene rings is 3. The minimum Gasteiger partial charge on any atom is -0.378 e. The van der Waals surface area contributed by atoms with Gasteiger partial charge in [-0.05, 0) is 55.8 Å². The summed E-state index contributed by atoms with van der Waals surface area (Å²) in [6.45, 7) is 3.44. The van der Waals surface area contributed by atoms with E-state index < -0.39 is 10.1 Å². The van der Waals surface area contributed by atoms with Crippen LogP contribution in [-0.4, -0.2) is 33.5 Å². The van der Waals surface area contributed by atoms with Gasteiger partial charge in [0.15, 0.2) is 5.75 Å². The van der Waals surface area contributed by atoms with Crippen molar-refractivity contribution in [1.29, 1.82) is 0 Å². The van der Waals surface area contributed by atoms with E-state index in [0.717, 1.165) is 51.6 Å². The average molecular weight is 435 g/mol. The van der Waals surface area contributed by atoms with Crippen molar-refractivity contribution in [2.75, 3.05) is 30.6 Å². The lowest BCUT2D eigenvalue weighted by molar-refractivity contribution is 0.489. The predicted octanol–water partition coefficient (Wildman–Crippen LogP) is 3.83. The zero-order chi connectivity index (χ0) is 21.6. The molecule has 2 N–H and O–H groups in total. The molecule has 3 aromatic carbocycles. The maximum Gasteiger partial charge on any atom is 0.339 e. The van der Waals surface area contributed by atoms with Crippen LogP contribution in [0.1, 0.15) is 5.56 Å². The first-order valence-electron chi connectivity index (χ1n) is 10.0. The van der Waals surface area contributed by atoms with Gasteiger partial charge in [0.05, 0.1) is 17.9 Å². The molecule has 4 aromatic rings. The molecule has 7 nitrogen and oxygen atoms in total. The number of fused-ring (bicyclic) bond motifs is 2. The summed E-state index contributed by atoms with van der Waals surface area (Å²) in [4.78, 5) is 4.40. The Labute approximate surface area is 180 Å². The van der Waals surface area contributed by atoms with Gasteiger partial charge in [0.1, 0.15) is 4.90 Å². The van der Waals surface area contributed by atoms with Crippen molar-refractivity contribution < 1.29 is 12.6 Å². The Morgan fingerprint density at radius 1 is 1.10 bits per heavy atom. The Kier molecular flexibility index (Phi) is 4.68. The molecule has 0 aliphatic carbocycles. The number of hydrogen-bond donors (Lipinski definition) is 2. The minimum atomic E-state index is -3.96. The van der Waals surface area contributed by atoms with Crippen LogP contribution in [0, 0.1) is 6.92 Å². The number of anilines is 2. The van der Waals surface area contributed by atoms with Gasteiger partial charge in [0.2, 0.25) is 0 Å². The topological polar surface area (TPSA) is 83.6 Å². The molecule has 158 valence electrons. The molecular weight excluding hydrogens is 412 g/mol. The molecule has 1 aliphatic rings. The van der Waals surface area contributed by atoms with E-state index in [1.54, 1.807) is 36.5 Å². The van der Waals surface area contributed by atoms with E-state index in [0.29, 0.717) is 5.75 Å². The van der Waals surface area contributed by atoms with E-state index in [9.17, 15) is 8.42 Å². The van der Waals surface area contributed by atoms with E-state index in [1.807, 2.05) is 38.4 Å². The summed E-state index contributed by atoms with van der Waals surface area (Å²) in [7, 11) is -2.06. The van der Waals surface area contributed by atoms with Crippen LogP contribution < -0.4 is 19.9 Å². The Morgan fingerprint density at radius 3 is 2.68 bits per heavy atom. The largest absolute Gasteiger partial charge is 0.378 e. The van der Waals surface area contributed by atoms with Crippen molar-refractivity contribution in [1.82, 2.24) is 10.3 Å². The van der Waals surface area contributed by atoms with Crippen molar-refractivity contribution in [2.45, 2.75) is 11.8 Å². The van der Waals surface area contributed by atoms with Gasteiger partial charge in [0, 0.05) is 35.1 Å². The second-order valence-corrected chi connectivity index (χ2v) is 9.12. The first-order chi connectivity index (χ1) is 15.0. The SMILES string of the molecule is CNCCN1Nc2c3cnccc3cc3c(OS(=O)(=O)c4ccc(C)cc4)ccc1c23. The first-order valence-corrected chi connectivity index (χ1v) is 11.4. The zero-order valence-electron chi connectivity index (χ0n) is 17.2. The maximum atomic E-state index is 12.9. The lowest BCUT2D eigenvalue weighted by atomic mass is 10.0. The monoisotopic (exact) mass is 434 g/mol. The zero-order valence-corrected chi connectivity index (χ0v) is 18.0. The first kappa shape index (κ1) is 19.6. The molecule has 0 bridgehead atoms. The van der Waals surface area contributed by atoms with Gasteiger partial charge in [-0.2, -0.15) is 8.42 Å². The number of nitrogens with one attached hydrogen (secondary N) is 2. The third kappa shape index (κ3) is 3.34. The molecule has 0 spiro atoms. The van der Waals surface area contributed by atoms with Crippen molar-refractivity contribution in [3.05, 3.63) is 66.5 Å². The van der Waals surface area contributed by atoms with Crippen LogP contribution in [0.3, 0.4) is 0 Å². The van der Waals surface area contributed by atoms with Crippen molar-refractivity contribution >= 4 is 43.0 Å². The summed E-state index contributed by atoms with van der Waals surface area (Å²) in [5, 5.41) is 8.80. The fourth-order valence-electron chi connectivity index (χ4n) is 3.91. The van der Waals surface area contributed by atoms with Crippen LogP contribution in [0.4, 0.5) is 11.4 Å². The third-order valence-electron chi connectivity index (χ3n) is 5.49. The molecule has 5 rings (SSSR count). The van der Waals surface area contributed by atoms with Gasteiger partial charge < -0.3 is 9.50 Å². The van der Waals surface area contributed by atoms with Gasteiger partial charge >= 0.3 is 10.1 Å². The Balaban J connectivity index is 1.67. The van der Waals surface area contributed by atoms with E-state index >= 15 is 0 Å². The average Bonchev–Trinajstić information content (AvgIpc) is 3.14. The molecule has 2 heterocycles. The molecule has 0 unspecified atom stereocenters. The number of nitrogens with zero attached hydrogens (tertiary/aromatic N) is 2. The molecule has 0 fully saturated rings. The highest BCUT2D eigenvalue weighted by Gasteiger charge is 2.27. The number of hydrogen-bond acceptors (Lipinski definition) is 7. The molecular formula is C23H22N4O3S. The van der Waals surface area contributed by atoms with E-state index in [1.165, 1.54) is 0 Å². The number of aromatic nitrogens is 1. The maximum absolute atomic E-state index is 12.9. The smallest absolute Gasteiger partial charge is 0.339 e. The van der Waals surface area contributed by atoms with Crippen molar-refractivity contribution in [3.63, 3.8) is 0 Å². The lowest BCUT2D eigenvalue weighted by Gasteiger charge is -2.20. The summed E-state index contributed by atoms with van der Waals surface area (Å²) in [5.74, 6) is 0.302.